The zero-order chi connectivity index (χ0) is 10.7. The number of phenolic OH excluding ortho intramolecular Hbond substituents is 1. The van der Waals surface area contributed by atoms with Gasteiger partial charge in [-0.3, -0.25) is 4.79 Å². The summed E-state index contributed by atoms with van der Waals surface area (Å²) in [6.07, 6.45) is 0. The van der Waals surface area contributed by atoms with Crippen LogP contribution in [0.3, 0.4) is 0 Å². The van der Waals surface area contributed by atoms with E-state index in [1.165, 1.54) is 12.1 Å². The average molecular weight is 366 g/mol. The van der Waals surface area contributed by atoms with Gasteiger partial charge in [-0.2, -0.15) is 5.26 Å². The first kappa shape index (κ1) is 11.5. The number of nitriles is 1. The van der Waals surface area contributed by atoms with E-state index >= 15 is 0 Å². The molecule has 14 heavy (non-hydrogen) atoms. The lowest BCUT2D eigenvalue weighted by molar-refractivity contribution is 0.102. The van der Waals surface area contributed by atoms with Gasteiger partial charge >= 0.3 is 0 Å². The van der Waals surface area contributed by atoms with E-state index in [4.69, 9.17) is 5.26 Å². The minimum atomic E-state index is -0.151. The maximum Gasteiger partial charge on any atom is 0.174 e. The summed E-state index contributed by atoms with van der Waals surface area (Å²) in [5.74, 6) is -0.215. The highest BCUT2D eigenvalue weighted by Crippen LogP contribution is 2.23. The van der Waals surface area contributed by atoms with Crippen LogP contribution in [-0.2, 0) is 0 Å². The number of phenols is 1. The molecule has 0 radical (unpaired) electrons. The molecule has 0 aromatic heterocycles. The van der Waals surface area contributed by atoms with E-state index in [-0.39, 0.29) is 16.9 Å². The molecule has 0 fully saturated rings. The quantitative estimate of drug-likeness (QED) is 0.497. The summed E-state index contributed by atoms with van der Waals surface area (Å²) in [7, 11) is 0. The minimum Gasteiger partial charge on any atom is -0.508 e. The molecule has 0 saturated carbocycles. The number of rotatable bonds is 2. The Morgan fingerprint density at radius 3 is 2.79 bits per heavy atom. The second kappa shape index (κ2) is 4.75. The van der Waals surface area contributed by atoms with Crippen LogP contribution in [0.5, 0.6) is 5.75 Å². The fraction of sp³-hybridized carbons (Fsp3) is 0.111. The Kier molecular flexibility index (Phi) is 3.89. The molecule has 0 heterocycles. The number of Topliss-reactive ketones (excluding diaryl/α,β-unsaturated/α-hetero) is 1. The van der Waals surface area contributed by atoms with Crippen molar-refractivity contribution >= 4 is 44.3 Å². The number of hydrogen-bond acceptors (Lipinski definition) is 3. The SMILES string of the molecule is N#Cc1cc(O)cc(C(=O)CBr)c1I. The molecule has 1 aromatic carbocycles. The van der Waals surface area contributed by atoms with Crippen molar-refractivity contribution in [2.45, 2.75) is 0 Å². The number of alkyl halides is 1. The second-order valence-electron chi connectivity index (χ2n) is 2.52. The van der Waals surface area contributed by atoms with Gasteiger partial charge in [0.25, 0.3) is 0 Å². The first-order valence-corrected chi connectivity index (χ1v) is 5.82. The Labute approximate surface area is 103 Å². The van der Waals surface area contributed by atoms with Gasteiger partial charge in [-0.15, -0.1) is 0 Å². The highest BCUT2D eigenvalue weighted by Gasteiger charge is 2.13. The van der Waals surface area contributed by atoms with Crippen LogP contribution < -0.4 is 0 Å². The summed E-state index contributed by atoms with van der Waals surface area (Å²) >= 11 is 4.96. The van der Waals surface area contributed by atoms with E-state index < -0.39 is 0 Å². The molecule has 0 amide bonds. The fourth-order valence-corrected chi connectivity index (χ4v) is 2.00. The molecule has 1 N–H and O–H groups in total. The van der Waals surface area contributed by atoms with Crippen LogP contribution >= 0.6 is 38.5 Å². The molecule has 0 bridgehead atoms. The molecule has 1 rings (SSSR count). The van der Waals surface area contributed by atoms with Crippen molar-refractivity contribution in [3.63, 3.8) is 0 Å². The Bertz CT molecular complexity index is 426. The van der Waals surface area contributed by atoms with Crippen molar-refractivity contribution in [1.82, 2.24) is 0 Å². The van der Waals surface area contributed by atoms with Crippen molar-refractivity contribution in [2.75, 3.05) is 5.33 Å². The zero-order valence-corrected chi connectivity index (χ0v) is 10.7. The highest BCUT2D eigenvalue weighted by atomic mass is 127. The van der Waals surface area contributed by atoms with Gasteiger partial charge in [0, 0.05) is 9.13 Å². The number of nitrogens with zero attached hydrogens (tertiary/aromatic N) is 1. The summed E-state index contributed by atoms with van der Waals surface area (Å²) in [6.45, 7) is 0. The maximum absolute atomic E-state index is 11.4. The number of aromatic hydroxyl groups is 1. The van der Waals surface area contributed by atoms with Gasteiger partial charge in [-0.1, -0.05) is 15.9 Å². The van der Waals surface area contributed by atoms with Gasteiger partial charge in [0.05, 0.1) is 10.9 Å². The van der Waals surface area contributed by atoms with Gasteiger partial charge < -0.3 is 5.11 Å². The number of halogens is 2. The Balaban J connectivity index is 3.38. The van der Waals surface area contributed by atoms with Gasteiger partial charge in [-0.05, 0) is 34.7 Å². The van der Waals surface area contributed by atoms with E-state index in [9.17, 15) is 9.90 Å². The Morgan fingerprint density at radius 1 is 1.64 bits per heavy atom. The van der Waals surface area contributed by atoms with Gasteiger partial charge in [0.2, 0.25) is 0 Å². The zero-order valence-electron chi connectivity index (χ0n) is 6.92. The highest BCUT2D eigenvalue weighted by molar-refractivity contribution is 14.1. The van der Waals surface area contributed by atoms with Crippen LogP contribution in [0.15, 0.2) is 12.1 Å². The van der Waals surface area contributed by atoms with Crippen molar-refractivity contribution in [3.05, 3.63) is 26.8 Å². The average Bonchev–Trinajstić information content (AvgIpc) is 2.19. The van der Waals surface area contributed by atoms with Crippen LogP contribution in [-0.4, -0.2) is 16.2 Å². The number of hydrogen-bond donors (Lipinski definition) is 1. The lowest BCUT2D eigenvalue weighted by Gasteiger charge is -2.04. The predicted molar refractivity (Wildman–Crippen MR) is 63.7 cm³/mol. The normalized spacial score (nSPS) is 9.50. The smallest absolute Gasteiger partial charge is 0.174 e. The number of benzene rings is 1. The van der Waals surface area contributed by atoms with E-state index in [1.807, 2.05) is 28.7 Å². The van der Waals surface area contributed by atoms with E-state index in [1.54, 1.807) is 0 Å². The summed E-state index contributed by atoms with van der Waals surface area (Å²) in [6, 6.07) is 4.63. The van der Waals surface area contributed by atoms with Crippen LogP contribution in [0.2, 0.25) is 0 Å². The van der Waals surface area contributed by atoms with Gasteiger partial charge in [0.1, 0.15) is 11.8 Å². The Hall–Kier alpha value is -0.610. The lowest BCUT2D eigenvalue weighted by Crippen LogP contribution is -2.04. The van der Waals surface area contributed by atoms with Crippen LogP contribution in [0.4, 0.5) is 0 Å². The molecule has 0 saturated heterocycles. The van der Waals surface area contributed by atoms with Crippen molar-refractivity contribution in [3.8, 4) is 11.8 Å². The third-order valence-electron chi connectivity index (χ3n) is 1.60. The lowest BCUT2D eigenvalue weighted by atomic mass is 10.1. The van der Waals surface area contributed by atoms with Crippen LogP contribution in [0.25, 0.3) is 0 Å². The third kappa shape index (κ3) is 2.25. The van der Waals surface area contributed by atoms with E-state index in [0.717, 1.165) is 0 Å². The standard InChI is InChI=1S/C9H5BrINO2/c10-3-8(14)7-2-6(13)1-5(4-12)9(7)11/h1-2,13H,3H2. The molecular formula is C9H5BrINO2. The first-order valence-electron chi connectivity index (χ1n) is 3.62. The first-order chi connectivity index (χ1) is 6.60. The van der Waals surface area contributed by atoms with Gasteiger partial charge in [-0.25, -0.2) is 0 Å². The number of carbonyl (C=O) groups is 1. The molecule has 0 aliphatic carbocycles. The summed E-state index contributed by atoms with van der Waals surface area (Å²) in [5, 5.41) is 18.2. The summed E-state index contributed by atoms with van der Waals surface area (Å²) < 4.78 is 0.576. The maximum atomic E-state index is 11.4. The largest absolute Gasteiger partial charge is 0.508 e. The third-order valence-corrected chi connectivity index (χ3v) is 3.27. The molecule has 0 spiro atoms. The molecular weight excluding hydrogens is 361 g/mol. The van der Waals surface area contributed by atoms with Crippen LogP contribution in [0, 0.1) is 14.9 Å². The topological polar surface area (TPSA) is 61.1 Å². The van der Waals surface area contributed by atoms with E-state index in [2.05, 4.69) is 15.9 Å². The molecule has 0 unspecified atom stereocenters. The molecule has 1 aromatic rings. The van der Waals surface area contributed by atoms with Crippen molar-refractivity contribution in [2.24, 2.45) is 0 Å². The minimum absolute atomic E-state index is 0.0636. The summed E-state index contributed by atoms with van der Waals surface area (Å²) in [4.78, 5) is 11.4. The number of carbonyl (C=O) groups excluding carboxylic acids is 1. The van der Waals surface area contributed by atoms with Crippen molar-refractivity contribution < 1.29 is 9.90 Å². The van der Waals surface area contributed by atoms with Gasteiger partial charge in [0.15, 0.2) is 5.78 Å². The number of ketones is 1. The summed E-state index contributed by atoms with van der Waals surface area (Å²) in [5.41, 5.74) is 0.689. The second-order valence-corrected chi connectivity index (χ2v) is 4.16. The molecule has 0 aliphatic rings. The molecule has 72 valence electrons. The molecule has 0 aliphatic heterocycles. The monoisotopic (exact) mass is 365 g/mol. The van der Waals surface area contributed by atoms with Crippen molar-refractivity contribution in [1.29, 1.82) is 5.26 Å². The molecule has 0 atom stereocenters. The molecule has 3 nitrogen and oxygen atoms in total. The fourth-order valence-electron chi connectivity index (χ4n) is 0.965. The van der Waals surface area contributed by atoms with E-state index in [0.29, 0.717) is 14.7 Å². The molecule has 5 heteroatoms. The van der Waals surface area contributed by atoms with Crippen LogP contribution in [0.1, 0.15) is 15.9 Å². The Morgan fingerprint density at radius 2 is 2.29 bits per heavy atom. The predicted octanol–water partition coefficient (Wildman–Crippen LogP) is 2.45.